The van der Waals surface area contributed by atoms with Gasteiger partial charge in [0.1, 0.15) is 17.7 Å². The van der Waals surface area contributed by atoms with E-state index in [2.05, 4.69) is 15.6 Å². The van der Waals surface area contributed by atoms with E-state index in [9.17, 15) is 18.8 Å². The van der Waals surface area contributed by atoms with Crippen LogP contribution in [0.15, 0.2) is 66.9 Å². The molecule has 0 aliphatic carbocycles. The highest BCUT2D eigenvalue weighted by atomic mass is 19.1. The fourth-order valence-corrected chi connectivity index (χ4v) is 3.72. The summed E-state index contributed by atoms with van der Waals surface area (Å²) < 4.78 is 13.7. The number of nitrogens with zero attached hydrogens (tertiary/aromatic N) is 2. The predicted molar refractivity (Wildman–Crippen MR) is 138 cm³/mol. The first kappa shape index (κ1) is 26.5. The molecule has 0 bridgehead atoms. The molecular formula is C28H31FN4O3. The Labute approximate surface area is 210 Å². The molecule has 7 nitrogen and oxygen atoms in total. The van der Waals surface area contributed by atoms with Crippen molar-refractivity contribution in [1.82, 2.24) is 10.3 Å². The van der Waals surface area contributed by atoms with Gasteiger partial charge in [0, 0.05) is 30.8 Å². The zero-order valence-corrected chi connectivity index (χ0v) is 20.9. The Balaban J connectivity index is 1.96. The standard InChI is InChI=1S/C28H31FN4O3/c1-18(2)31-28(36)27(21-9-11-22(29)12-10-21)33(23-13-8-19(3)20(4)17-23)26(35)15-14-25(34)32-24-7-5-6-16-30-24/h5-13,16-18,27H,14-15H2,1-4H3,(H,31,36)(H,30,32,34). The molecule has 0 aliphatic heterocycles. The van der Waals surface area contributed by atoms with E-state index in [1.54, 1.807) is 30.5 Å². The van der Waals surface area contributed by atoms with Crippen LogP contribution in [0.25, 0.3) is 0 Å². The second-order valence-electron chi connectivity index (χ2n) is 8.91. The Morgan fingerprint density at radius 3 is 2.28 bits per heavy atom. The third-order valence-corrected chi connectivity index (χ3v) is 5.66. The highest BCUT2D eigenvalue weighted by Gasteiger charge is 2.33. The van der Waals surface area contributed by atoms with Gasteiger partial charge in [0.05, 0.1) is 0 Å². The molecule has 188 valence electrons. The number of hydrogen-bond acceptors (Lipinski definition) is 4. The lowest BCUT2D eigenvalue weighted by Gasteiger charge is -2.32. The summed E-state index contributed by atoms with van der Waals surface area (Å²) in [5, 5.41) is 5.54. The van der Waals surface area contributed by atoms with Crippen LogP contribution in [-0.2, 0) is 14.4 Å². The van der Waals surface area contributed by atoms with Crippen LogP contribution in [-0.4, -0.2) is 28.7 Å². The summed E-state index contributed by atoms with van der Waals surface area (Å²) in [6.07, 6.45) is 1.32. The van der Waals surface area contributed by atoms with Crippen molar-refractivity contribution >= 4 is 29.2 Å². The average molecular weight is 491 g/mol. The molecular weight excluding hydrogens is 459 g/mol. The average Bonchev–Trinajstić information content (AvgIpc) is 2.84. The van der Waals surface area contributed by atoms with Crippen LogP contribution >= 0.6 is 0 Å². The summed E-state index contributed by atoms with van der Waals surface area (Å²) in [7, 11) is 0. The van der Waals surface area contributed by atoms with Gasteiger partial charge in [-0.3, -0.25) is 19.3 Å². The molecule has 36 heavy (non-hydrogen) atoms. The number of aromatic nitrogens is 1. The van der Waals surface area contributed by atoms with Crippen molar-refractivity contribution < 1.29 is 18.8 Å². The van der Waals surface area contributed by atoms with Gasteiger partial charge in [0.2, 0.25) is 17.7 Å². The first-order chi connectivity index (χ1) is 17.2. The molecule has 3 aromatic rings. The number of pyridine rings is 1. The van der Waals surface area contributed by atoms with Gasteiger partial charge in [-0.15, -0.1) is 0 Å². The fourth-order valence-electron chi connectivity index (χ4n) is 3.72. The zero-order valence-electron chi connectivity index (χ0n) is 20.9. The number of nitrogens with one attached hydrogen (secondary N) is 2. The highest BCUT2D eigenvalue weighted by molar-refractivity contribution is 6.03. The summed E-state index contributed by atoms with van der Waals surface area (Å²) in [5.41, 5.74) is 2.95. The minimum absolute atomic E-state index is 0.0985. The third kappa shape index (κ3) is 6.97. The van der Waals surface area contributed by atoms with Crippen LogP contribution in [0, 0.1) is 19.7 Å². The van der Waals surface area contributed by atoms with Crippen LogP contribution in [0.5, 0.6) is 0 Å². The van der Waals surface area contributed by atoms with E-state index in [0.29, 0.717) is 17.1 Å². The van der Waals surface area contributed by atoms with Crippen molar-refractivity contribution in [1.29, 1.82) is 0 Å². The predicted octanol–water partition coefficient (Wildman–Crippen LogP) is 4.86. The van der Waals surface area contributed by atoms with Gasteiger partial charge >= 0.3 is 0 Å². The van der Waals surface area contributed by atoms with Crippen LogP contribution in [0.2, 0.25) is 0 Å². The monoisotopic (exact) mass is 490 g/mol. The van der Waals surface area contributed by atoms with Gasteiger partial charge in [-0.25, -0.2) is 9.37 Å². The van der Waals surface area contributed by atoms with E-state index in [1.807, 2.05) is 39.8 Å². The van der Waals surface area contributed by atoms with Crippen LogP contribution in [0.4, 0.5) is 15.9 Å². The molecule has 2 aromatic carbocycles. The highest BCUT2D eigenvalue weighted by Crippen LogP contribution is 2.31. The summed E-state index contributed by atoms with van der Waals surface area (Å²) >= 11 is 0. The molecule has 1 heterocycles. The van der Waals surface area contributed by atoms with E-state index >= 15 is 0 Å². The lowest BCUT2D eigenvalue weighted by Crippen LogP contribution is -2.46. The number of carbonyl (C=O) groups excluding carboxylic acids is 3. The number of rotatable bonds is 9. The second-order valence-corrected chi connectivity index (χ2v) is 8.91. The fraction of sp³-hybridized carbons (Fsp3) is 0.286. The van der Waals surface area contributed by atoms with E-state index in [0.717, 1.165) is 11.1 Å². The van der Waals surface area contributed by atoms with Crippen molar-refractivity contribution in [2.45, 2.75) is 52.6 Å². The van der Waals surface area contributed by atoms with Gasteiger partial charge in [-0.1, -0.05) is 24.3 Å². The van der Waals surface area contributed by atoms with E-state index in [1.165, 1.54) is 29.2 Å². The van der Waals surface area contributed by atoms with Crippen molar-refractivity contribution in [3.8, 4) is 0 Å². The molecule has 0 radical (unpaired) electrons. The van der Waals surface area contributed by atoms with Crippen LogP contribution in [0.3, 0.4) is 0 Å². The number of carbonyl (C=O) groups is 3. The third-order valence-electron chi connectivity index (χ3n) is 5.66. The molecule has 0 aliphatic rings. The largest absolute Gasteiger partial charge is 0.352 e. The maximum absolute atomic E-state index is 13.7. The summed E-state index contributed by atoms with van der Waals surface area (Å²) in [6.45, 7) is 7.52. The van der Waals surface area contributed by atoms with Gasteiger partial charge in [0.15, 0.2) is 0 Å². The molecule has 2 N–H and O–H groups in total. The van der Waals surface area contributed by atoms with Gasteiger partial charge in [-0.2, -0.15) is 0 Å². The Morgan fingerprint density at radius 2 is 1.67 bits per heavy atom. The van der Waals surface area contributed by atoms with Crippen LogP contribution < -0.4 is 15.5 Å². The smallest absolute Gasteiger partial charge is 0.248 e. The summed E-state index contributed by atoms with van der Waals surface area (Å²) in [4.78, 5) is 45.0. The number of halogens is 1. The molecule has 0 saturated carbocycles. The van der Waals surface area contributed by atoms with Crippen molar-refractivity contribution in [3.63, 3.8) is 0 Å². The van der Waals surface area contributed by atoms with Crippen molar-refractivity contribution in [2.24, 2.45) is 0 Å². The number of anilines is 2. The number of aryl methyl sites for hydroxylation is 2. The summed E-state index contributed by atoms with van der Waals surface area (Å²) in [6, 6.07) is 14.9. The second kappa shape index (κ2) is 12.1. The maximum atomic E-state index is 13.7. The Hall–Kier alpha value is -4.07. The van der Waals surface area contributed by atoms with Gasteiger partial charge < -0.3 is 10.6 Å². The molecule has 8 heteroatoms. The summed E-state index contributed by atoms with van der Waals surface area (Å²) in [5.74, 6) is -1.24. The Bertz CT molecular complexity index is 1210. The number of benzene rings is 2. The quantitative estimate of drug-likeness (QED) is 0.448. The van der Waals surface area contributed by atoms with Gasteiger partial charge in [-0.05, 0) is 80.8 Å². The van der Waals surface area contributed by atoms with Crippen molar-refractivity contribution in [3.05, 3.63) is 89.4 Å². The molecule has 1 unspecified atom stereocenters. The molecule has 3 amide bonds. The molecule has 0 fully saturated rings. The number of amides is 3. The van der Waals surface area contributed by atoms with E-state index in [-0.39, 0.29) is 24.8 Å². The topological polar surface area (TPSA) is 91.4 Å². The lowest BCUT2D eigenvalue weighted by molar-refractivity contribution is -0.127. The Morgan fingerprint density at radius 1 is 0.944 bits per heavy atom. The first-order valence-corrected chi connectivity index (χ1v) is 11.8. The van der Waals surface area contributed by atoms with Gasteiger partial charge in [0.25, 0.3) is 0 Å². The van der Waals surface area contributed by atoms with E-state index < -0.39 is 23.7 Å². The lowest BCUT2D eigenvalue weighted by atomic mass is 10.0. The van der Waals surface area contributed by atoms with E-state index in [4.69, 9.17) is 0 Å². The molecule has 3 rings (SSSR count). The Kier molecular flexibility index (Phi) is 8.89. The molecule has 1 atom stereocenters. The molecule has 1 aromatic heterocycles. The van der Waals surface area contributed by atoms with Crippen molar-refractivity contribution in [2.75, 3.05) is 10.2 Å². The maximum Gasteiger partial charge on any atom is 0.248 e. The molecule has 0 spiro atoms. The minimum Gasteiger partial charge on any atom is -0.352 e. The van der Waals surface area contributed by atoms with Crippen LogP contribution in [0.1, 0.15) is 49.4 Å². The normalized spacial score (nSPS) is 11.6. The SMILES string of the molecule is Cc1ccc(N(C(=O)CCC(=O)Nc2ccccn2)C(C(=O)NC(C)C)c2ccc(F)cc2)cc1C. The minimum atomic E-state index is -1.05. The number of hydrogen-bond donors (Lipinski definition) is 2. The first-order valence-electron chi connectivity index (χ1n) is 11.8. The zero-order chi connectivity index (χ0) is 26.2. The molecule has 0 saturated heterocycles.